The van der Waals surface area contributed by atoms with E-state index in [1.165, 1.54) is 0 Å². The molecule has 3 nitrogen and oxygen atoms in total. The van der Waals surface area contributed by atoms with Crippen LogP contribution in [0.1, 0.15) is 35.7 Å². The van der Waals surface area contributed by atoms with Crippen molar-refractivity contribution in [3.63, 3.8) is 0 Å². The van der Waals surface area contributed by atoms with Gasteiger partial charge in [0.05, 0.1) is 5.52 Å². The first-order chi connectivity index (χ1) is 8.56. The average Bonchev–Trinajstić information content (AvgIpc) is 2.58. The lowest BCUT2D eigenvalue weighted by Crippen LogP contribution is -2.00. The van der Waals surface area contributed by atoms with Crippen molar-refractivity contribution >= 4 is 28.5 Å². The molecule has 0 saturated carbocycles. The summed E-state index contributed by atoms with van der Waals surface area (Å²) in [6.45, 7) is 4.80. The van der Waals surface area contributed by atoms with Crippen LogP contribution in [0.15, 0.2) is 18.2 Å². The van der Waals surface area contributed by atoms with Crippen molar-refractivity contribution in [1.82, 2.24) is 4.57 Å². The molecular formula is C14H16ClNO2. The fourth-order valence-corrected chi connectivity index (χ4v) is 2.53. The summed E-state index contributed by atoms with van der Waals surface area (Å²) < 4.78 is 1.89. The molecule has 1 aromatic heterocycles. The first-order valence-corrected chi connectivity index (χ1v) is 6.45. The quantitative estimate of drug-likeness (QED) is 0.904. The highest BCUT2D eigenvalue weighted by Crippen LogP contribution is 2.31. The topological polar surface area (TPSA) is 42.2 Å². The van der Waals surface area contributed by atoms with E-state index in [2.05, 4.69) is 6.92 Å². The lowest BCUT2D eigenvalue weighted by molar-refractivity contribution is 0.0699. The van der Waals surface area contributed by atoms with Gasteiger partial charge in [-0.3, -0.25) is 0 Å². The summed E-state index contributed by atoms with van der Waals surface area (Å²) in [5.41, 5.74) is 2.15. The van der Waals surface area contributed by atoms with Crippen LogP contribution in [0.3, 0.4) is 0 Å². The number of aryl methyl sites for hydroxylation is 2. The van der Waals surface area contributed by atoms with Gasteiger partial charge in [-0.05, 0) is 25.5 Å². The summed E-state index contributed by atoms with van der Waals surface area (Å²) in [5, 5.41) is 10.4. The summed E-state index contributed by atoms with van der Waals surface area (Å²) in [6.07, 6.45) is 2.03. The van der Waals surface area contributed by atoms with Crippen LogP contribution in [-0.2, 0) is 6.54 Å². The Kier molecular flexibility index (Phi) is 3.62. The van der Waals surface area contributed by atoms with Gasteiger partial charge in [0.2, 0.25) is 0 Å². The number of benzene rings is 1. The Labute approximate surface area is 111 Å². The minimum absolute atomic E-state index is 0.214. The van der Waals surface area contributed by atoms with Crippen molar-refractivity contribution in [2.45, 2.75) is 33.2 Å². The van der Waals surface area contributed by atoms with E-state index in [0.717, 1.165) is 35.9 Å². The molecule has 0 fully saturated rings. The van der Waals surface area contributed by atoms with E-state index in [0.29, 0.717) is 5.15 Å². The van der Waals surface area contributed by atoms with Crippen molar-refractivity contribution in [2.24, 2.45) is 0 Å². The molecule has 0 aliphatic carbocycles. The van der Waals surface area contributed by atoms with Gasteiger partial charge in [-0.2, -0.15) is 0 Å². The zero-order valence-corrected chi connectivity index (χ0v) is 11.3. The van der Waals surface area contributed by atoms with E-state index < -0.39 is 5.97 Å². The predicted molar refractivity (Wildman–Crippen MR) is 73.6 cm³/mol. The summed E-state index contributed by atoms with van der Waals surface area (Å²) >= 11 is 6.22. The minimum atomic E-state index is -0.967. The Balaban J connectivity index is 2.70. The third kappa shape index (κ3) is 2.10. The second-order valence-corrected chi connectivity index (χ2v) is 4.85. The number of unbranched alkanes of at least 4 members (excludes halogenated alkanes) is 1. The highest BCUT2D eigenvalue weighted by atomic mass is 35.5. The van der Waals surface area contributed by atoms with Crippen LogP contribution in [-0.4, -0.2) is 15.6 Å². The zero-order chi connectivity index (χ0) is 13.3. The third-order valence-electron chi connectivity index (χ3n) is 3.10. The Morgan fingerprint density at radius 3 is 2.78 bits per heavy atom. The van der Waals surface area contributed by atoms with Gasteiger partial charge in [0.1, 0.15) is 10.7 Å². The standard InChI is InChI=1S/C14H16ClNO2/c1-3-4-7-16-11-6-5-9(2)8-10(11)12(13(16)15)14(17)18/h5-6,8H,3-4,7H2,1-2H3,(H,17,18). The van der Waals surface area contributed by atoms with Crippen molar-refractivity contribution in [2.75, 3.05) is 0 Å². The summed E-state index contributed by atoms with van der Waals surface area (Å²) in [4.78, 5) is 11.3. The molecule has 2 aromatic rings. The van der Waals surface area contributed by atoms with Crippen LogP contribution in [0, 0.1) is 6.92 Å². The fraction of sp³-hybridized carbons (Fsp3) is 0.357. The van der Waals surface area contributed by atoms with Crippen LogP contribution >= 0.6 is 11.6 Å². The Bertz CT molecular complexity index is 601. The van der Waals surface area contributed by atoms with Crippen LogP contribution in [0.2, 0.25) is 5.15 Å². The number of carbonyl (C=O) groups is 1. The van der Waals surface area contributed by atoms with Gasteiger partial charge >= 0.3 is 5.97 Å². The van der Waals surface area contributed by atoms with Gasteiger partial charge in [0, 0.05) is 11.9 Å². The SMILES string of the molecule is CCCCn1c(Cl)c(C(=O)O)c2cc(C)ccc21. The minimum Gasteiger partial charge on any atom is -0.478 e. The molecule has 0 aliphatic rings. The molecule has 2 rings (SSSR count). The maximum absolute atomic E-state index is 11.3. The highest BCUT2D eigenvalue weighted by Gasteiger charge is 2.20. The van der Waals surface area contributed by atoms with E-state index in [1.807, 2.05) is 29.7 Å². The monoisotopic (exact) mass is 265 g/mol. The first kappa shape index (κ1) is 13.0. The number of aromatic nitrogens is 1. The van der Waals surface area contributed by atoms with E-state index >= 15 is 0 Å². The number of hydrogen-bond donors (Lipinski definition) is 1. The van der Waals surface area contributed by atoms with Crippen molar-refractivity contribution in [3.05, 3.63) is 34.5 Å². The lowest BCUT2D eigenvalue weighted by atomic mass is 10.1. The molecule has 18 heavy (non-hydrogen) atoms. The van der Waals surface area contributed by atoms with Crippen molar-refractivity contribution < 1.29 is 9.90 Å². The normalized spacial score (nSPS) is 11.1. The van der Waals surface area contributed by atoms with E-state index in [9.17, 15) is 9.90 Å². The molecule has 0 radical (unpaired) electrons. The molecular weight excluding hydrogens is 250 g/mol. The molecule has 0 bridgehead atoms. The number of hydrogen-bond acceptors (Lipinski definition) is 1. The Hall–Kier alpha value is -1.48. The Morgan fingerprint density at radius 1 is 1.44 bits per heavy atom. The molecule has 96 valence electrons. The highest BCUT2D eigenvalue weighted by molar-refractivity contribution is 6.35. The third-order valence-corrected chi connectivity index (χ3v) is 3.50. The van der Waals surface area contributed by atoms with Crippen molar-refractivity contribution in [3.8, 4) is 0 Å². The summed E-state index contributed by atoms with van der Waals surface area (Å²) in [6, 6.07) is 5.80. The predicted octanol–water partition coefficient (Wildman–Crippen LogP) is 4.10. The number of aromatic carboxylic acids is 1. The number of carboxylic acids is 1. The molecule has 0 amide bonds. The van der Waals surface area contributed by atoms with Gasteiger partial charge in [0.15, 0.2) is 0 Å². The summed E-state index contributed by atoms with van der Waals surface area (Å²) in [5.74, 6) is -0.967. The van der Waals surface area contributed by atoms with Crippen LogP contribution < -0.4 is 0 Å². The van der Waals surface area contributed by atoms with E-state index in [-0.39, 0.29) is 5.56 Å². The number of fused-ring (bicyclic) bond motifs is 1. The fourth-order valence-electron chi connectivity index (χ4n) is 2.18. The first-order valence-electron chi connectivity index (χ1n) is 6.08. The maximum atomic E-state index is 11.3. The molecule has 1 N–H and O–H groups in total. The van der Waals surface area contributed by atoms with Gasteiger partial charge in [-0.1, -0.05) is 36.6 Å². The molecule has 4 heteroatoms. The maximum Gasteiger partial charge on any atom is 0.339 e. The van der Waals surface area contributed by atoms with Crippen molar-refractivity contribution in [1.29, 1.82) is 0 Å². The zero-order valence-electron chi connectivity index (χ0n) is 10.5. The van der Waals surface area contributed by atoms with Crippen LogP contribution in [0.25, 0.3) is 10.9 Å². The molecule has 0 aliphatic heterocycles. The Morgan fingerprint density at radius 2 is 2.17 bits per heavy atom. The average molecular weight is 266 g/mol. The lowest BCUT2D eigenvalue weighted by Gasteiger charge is -2.05. The number of halogens is 1. The molecule has 0 atom stereocenters. The van der Waals surface area contributed by atoms with Crippen LogP contribution in [0.4, 0.5) is 0 Å². The smallest absolute Gasteiger partial charge is 0.339 e. The van der Waals surface area contributed by atoms with E-state index in [4.69, 9.17) is 11.6 Å². The molecule has 0 spiro atoms. The molecule has 1 heterocycles. The number of carboxylic acid groups (broad SMARTS) is 1. The number of nitrogens with zero attached hydrogens (tertiary/aromatic N) is 1. The van der Waals surface area contributed by atoms with Gasteiger partial charge in [0.25, 0.3) is 0 Å². The van der Waals surface area contributed by atoms with Gasteiger partial charge in [-0.25, -0.2) is 4.79 Å². The van der Waals surface area contributed by atoms with Crippen LogP contribution in [0.5, 0.6) is 0 Å². The molecule has 1 aromatic carbocycles. The largest absolute Gasteiger partial charge is 0.478 e. The molecule has 0 saturated heterocycles. The number of rotatable bonds is 4. The second kappa shape index (κ2) is 5.02. The second-order valence-electron chi connectivity index (χ2n) is 4.50. The van der Waals surface area contributed by atoms with E-state index in [1.54, 1.807) is 0 Å². The summed E-state index contributed by atoms with van der Waals surface area (Å²) in [7, 11) is 0. The molecule has 0 unspecified atom stereocenters. The van der Waals surface area contributed by atoms with Gasteiger partial charge < -0.3 is 9.67 Å². The van der Waals surface area contributed by atoms with Gasteiger partial charge in [-0.15, -0.1) is 0 Å².